The normalized spacial score (nSPS) is 27.4. The number of carboxylic acids is 2. The van der Waals surface area contributed by atoms with Gasteiger partial charge in [0.2, 0.25) is 0 Å². The summed E-state index contributed by atoms with van der Waals surface area (Å²) >= 11 is 0. The molecule has 0 saturated heterocycles. The van der Waals surface area contributed by atoms with Crippen LogP contribution in [0.3, 0.4) is 0 Å². The maximum atomic E-state index is 10.5. The molecule has 0 aromatic rings. The van der Waals surface area contributed by atoms with Gasteiger partial charge in [-0.1, -0.05) is 12.8 Å². The monoisotopic (exact) mass is 277 g/mol. The average Bonchev–Trinajstić information content (AvgIpc) is 2.04. The van der Waals surface area contributed by atoms with Crippen LogP contribution in [-0.2, 0) is 32.0 Å². The van der Waals surface area contributed by atoms with Crippen molar-refractivity contribution in [1.82, 2.24) is 0 Å². The van der Waals surface area contributed by atoms with E-state index in [0.29, 0.717) is 12.8 Å². The van der Waals surface area contributed by atoms with Crippen LogP contribution in [0.1, 0.15) is 25.7 Å². The molecule has 0 heterocycles. The van der Waals surface area contributed by atoms with Gasteiger partial charge in [0.25, 0.3) is 0 Å². The van der Waals surface area contributed by atoms with Crippen molar-refractivity contribution in [1.29, 1.82) is 0 Å². The zero-order valence-corrected chi connectivity index (χ0v) is 8.40. The van der Waals surface area contributed by atoms with Crippen molar-refractivity contribution in [3.8, 4) is 0 Å². The van der Waals surface area contributed by atoms with E-state index in [4.69, 9.17) is 0 Å². The van der Waals surface area contributed by atoms with Gasteiger partial charge in [0.1, 0.15) is 0 Å². The average molecular weight is 278 g/mol. The molecule has 0 spiro atoms. The van der Waals surface area contributed by atoms with Gasteiger partial charge in [-0.2, -0.15) is 0 Å². The number of hydrogen-bond donors (Lipinski definition) is 0. The van der Waals surface area contributed by atoms with E-state index in [1.807, 2.05) is 0 Å². The van der Waals surface area contributed by atoms with E-state index in [1.165, 1.54) is 0 Å². The molecule has 1 rings (SSSR count). The summed E-state index contributed by atoms with van der Waals surface area (Å²) in [5, 5.41) is 20.9. The zero-order valence-electron chi connectivity index (χ0n) is 6.92. The molecular formula is C8H10AgO4-2. The number of rotatable bonds is 2. The Balaban J connectivity index is 0.00000144. The Morgan fingerprint density at radius 1 is 0.923 bits per heavy atom. The second kappa shape index (κ2) is 5.42. The summed E-state index contributed by atoms with van der Waals surface area (Å²) in [6.07, 6.45) is 2.34. The number of aliphatic carboxylic acids is 2. The van der Waals surface area contributed by atoms with E-state index in [9.17, 15) is 19.8 Å². The summed E-state index contributed by atoms with van der Waals surface area (Å²) in [4.78, 5) is 20.9. The molecule has 0 bridgehead atoms. The predicted molar refractivity (Wildman–Crippen MR) is 35.5 cm³/mol. The van der Waals surface area contributed by atoms with Gasteiger partial charge in [-0.3, -0.25) is 0 Å². The van der Waals surface area contributed by atoms with Crippen molar-refractivity contribution in [3.63, 3.8) is 0 Å². The molecule has 5 heteroatoms. The predicted octanol–water partition coefficient (Wildman–Crippen LogP) is -1.71. The number of carbonyl (C=O) groups is 2. The third-order valence-corrected chi connectivity index (χ3v) is 2.37. The smallest absolute Gasteiger partial charge is 0.0451 e. The molecule has 0 N–H and O–H groups in total. The number of hydrogen-bond acceptors (Lipinski definition) is 4. The van der Waals surface area contributed by atoms with Gasteiger partial charge >= 0.3 is 0 Å². The molecule has 13 heavy (non-hydrogen) atoms. The van der Waals surface area contributed by atoms with E-state index in [-0.39, 0.29) is 22.4 Å². The van der Waals surface area contributed by atoms with Crippen LogP contribution in [0.2, 0.25) is 0 Å². The van der Waals surface area contributed by atoms with Crippen LogP contribution >= 0.6 is 0 Å². The number of carbonyl (C=O) groups excluding carboxylic acids is 2. The van der Waals surface area contributed by atoms with Gasteiger partial charge in [0, 0.05) is 46.2 Å². The Labute approximate surface area is 91.8 Å². The van der Waals surface area contributed by atoms with E-state index in [1.54, 1.807) is 0 Å². The molecule has 1 aliphatic carbocycles. The summed E-state index contributed by atoms with van der Waals surface area (Å²) in [7, 11) is 0. The molecule has 0 aliphatic heterocycles. The van der Waals surface area contributed by atoms with Crippen LogP contribution in [0, 0.1) is 11.8 Å². The van der Waals surface area contributed by atoms with Crippen molar-refractivity contribution in [3.05, 3.63) is 0 Å². The van der Waals surface area contributed by atoms with Gasteiger partial charge in [-0.05, 0) is 12.8 Å². The van der Waals surface area contributed by atoms with Crippen molar-refractivity contribution in [2.24, 2.45) is 11.8 Å². The largest absolute Gasteiger partial charge is 0.550 e. The Morgan fingerprint density at radius 3 is 1.46 bits per heavy atom. The molecule has 1 fully saturated rings. The summed E-state index contributed by atoms with van der Waals surface area (Å²) in [5.41, 5.74) is 0. The Morgan fingerprint density at radius 2 is 1.23 bits per heavy atom. The van der Waals surface area contributed by atoms with Crippen LogP contribution < -0.4 is 10.2 Å². The van der Waals surface area contributed by atoms with Crippen molar-refractivity contribution < 1.29 is 42.2 Å². The Bertz CT molecular complexity index is 182. The standard InChI is InChI=1S/C8H12O4.Ag/c9-7(10)5-3-1-2-4-6(5)8(11)12;/h5-6H,1-4H2,(H,9,10)(H,11,12);/p-2/t5-,6-;/m1./s1. The van der Waals surface area contributed by atoms with E-state index < -0.39 is 23.8 Å². The molecule has 0 unspecified atom stereocenters. The van der Waals surface area contributed by atoms with Gasteiger partial charge < -0.3 is 19.8 Å². The fraction of sp³-hybridized carbons (Fsp3) is 0.750. The third kappa shape index (κ3) is 3.14. The summed E-state index contributed by atoms with van der Waals surface area (Å²) in [6, 6.07) is 0. The molecular weight excluding hydrogens is 268 g/mol. The minimum atomic E-state index is -1.26. The van der Waals surface area contributed by atoms with E-state index >= 15 is 0 Å². The first-order valence-corrected chi connectivity index (χ1v) is 4.04. The second-order valence-electron chi connectivity index (χ2n) is 3.14. The second-order valence-corrected chi connectivity index (χ2v) is 3.14. The fourth-order valence-electron chi connectivity index (χ4n) is 1.70. The summed E-state index contributed by atoms with van der Waals surface area (Å²) < 4.78 is 0. The van der Waals surface area contributed by atoms with E-state index in [0.717, 1.165) is 12.8 Å². The minimum absolute atomic E-state index is 0. The van der Waals surface area contributed by atoms with Crippen LogP contribution in [0.4, 0.5) is 0 Å². The Hall–Kier alpha value is -0.320. The van der Waals surface area contributed by atoms with Crippen LogP contribution in [0.25, 0.3) is 0 Å². The molecule has 4 nitrogen and oxygen atoms in total. The van der Waals surface area contributed by atoms with Gasteiger partial charge in [-0.25, -0.2) is 0 Å². The van der Waals surface area contributed by atoms with Crippen LogP contribution in [-0.4, -0.2) is 11.9 Å². The molecule has 2 atom stereocenters. The molecule has 0 amide bonds. The van der Waals surface area contributed by atoms with E-state index in [2.05, 4.69) is 0 Å². The first-order chi connectivity index (χ1) is 5.63. The molecule has 79 valence electrons. The topological polar surface area (TPSA) is 80.3 Å². The van der Waals surface area contributed by atoms with Crippen molar-refractivity contribution >= 4 is 11.9 Å². The first kappa shape index (κ1) is 12.7. The van der Waals surface area contributed by atoms with Crippen molar-refractivity contribution in [2.75, 3.05) is 0 Å². The third-order valence-electron chi connectivity index (χ3n) is 2.37. The Kier molecular flexibility index (Phi) is 5.29. The first-order valence-electron chi connectivity index (χ1n) is 4.04. The molecule has 1 saturated carbocycles. The minimum Gasteiger partial charge on any atom is -0.550 e. The fourth-order valence-corrected chi connectivity index (χ4v) is 1.70. The quantitative estimate of drug-likeness (QED) is 0.563. The molecule has 0 aromatic heterocycles. The van der Waals surface area contributed by atoms with Gasteiger partial charge in [0.05, 0.1) is 0 Å². The van der Waals surface area contributed by atoms with Gasteiger partial charge in [0.15, 0.2) is 0 Å². The maximum Gasteiger partial charge on any atom is 0.0451 e. The summed E-state index contributed by atoms with van der Waals surface area (Å²) in [5.74, 6) is -4.21. The van der Waals surface area contributed by atoms with Crippen LogP contribution in [0.15, 0.2) is 0 Å². The molecule has 0 aromatic carbocycles. The maximum absolute atomic E-state index is 10.5. The molecule has 1 radical (unpaired) electrons. The molecule has 1 aliphatic rings. The van der Waals surface area contributed by atoms with Gasteiger partial charge in [-0.15, -0.1) is 0 Å². The SMILES string of the molecule is O=C([O-])[C@@H]1CCCC[C@H]1C(=O)[O-].[Ag]. The number of carboxylic acid groups (broad SMARTS) is 2. The van der Waals surface area contributed by atoms with Crippen molar-refractivity contribution in [2.45, 2.75) is 25.7 Å². The zero-order chi connectivity index (χ0) is 9.14. The van der Waals surface area contributed by atoms with Crippen LogP contribution in [0.5, 0.6) is 0 Å². The summed E-state index contributed by atoms with van der Waals surface area (Å²) in [6.45, 7) is 0.